The van der Waals surface area contributed by atoms with Gasteiger partial charge in [0.1, 0.15) is 5.82 Å². The van der Waals surface area contributed by atoms with E-state index >= 15 is 0 Å². The maximum Gasteiger partial charge on any atom is 0.416 e. The van der Waals surface area contributed by atoms with Crippen LogP contribution in [0.4, 0.5) is 24.7 Å². The van der Waals surface area contributed by atoms with E-state index in [1.54, 1.807) is 12.3 Å². The van der Waals surface area contributed by atoms with Crippen LogP contribution < -0.4 is 10.2 Å². The third kappa shape index (κ3) is 3.91. The molecule has 0 bridgehead atoms. The molecular formula is C20H20F3N3O. The van der Waals surface area contributed by atoms with Crippen LogP contribution in [0.5, 0.6) is 0 Å². The van der Waals surface area contributed by atoms with E-state index < -0.39 is 11.7 Å². The van der Waals surface area contributed by atoms with Crippen molar-refractivity contribution in [3.8, 4) is 0 Å². The molecule has 2 aliphatic rings. The van der Waals surface area contributed by atoms with Gasteiger partial charge in [0.25, 0.3) is 0 Å². The van der Waals surface area contributed by atoms with Gasteiger partial charge in [-0.2, -0.15) is 13.2 Å². The number of halogens is 3. The van der Waals surface area contributed by atoms with Crippen molar-refractivity contribution in [2.75, 3.05) is 23.3 Å². The first-order valence-electron chi connectivity index (χ1n) is 9.11. The van der Waals surface area contributed by atoms with Crippen molar-refractivity contribution in [3.63, 3.8) is 0 Å². The van der Waals surface area contributed by atoms with Crippen LogP contribution in [0.15, 0.2) is 42.6 Å². The fourth-order valence-electron chi connectivity index (χ4n) is 3.63. The highest BCUT2D eigenvalue weighted by Gasteiger charge is 2.44. The molecular weight excluding hydrogens is 355 g/mol. The Morgan fingerprint density at radius 2 is 1.93 bits per heavy atom. The lowest BCUT2D eigenvalue weighted by atomic mass is 10.1. The Kier molecular flexibility index (Phi) is 4.53. The Hall–Kier alpha value is -2.57. The van der Waals surface area contributed by atoms with E-state index in [-0.39, 0.29) is 17.7 Å². The smallest absolute Gasteiger partial charge is 0.357 e. The van der Waals surface area contributed by atoms with Gasteiger partial charge in [-0.15, -0.1) is 0 Å². The molecule has 0 radical (unpaired) electrons. The number of benzene rings is 1. The predicted octanol–water partition coefficient (Wildman–Crippen LogP) is 4.44. The number of pyridine rings is 1. The van der Waals surface area contributed by atoms with Crippen molar-refractivity contribution in [1.82, 2.24) is 4.98 Å². The summed E-state index contributed by atoms with van der Waals surface area (Å²) in [7, 11) is 0. The first-order valence-corrected chi connectivity index (χ1v) is 9.11. The van der Waals surface area contributed by atoms with Gasteiger partial charge in [0.05, 0.1) is 17.4 Å². The van der Waals surface area contributed by atoms with Crippen LogP contribution >= 0.6 is 0 Å². The van der Waals surface area contributed by atoms with Crippen molar-refractivity contribution < 1.29 is 18.0 Å². The van der Waals surface area contributed by atoms with Crippen LogP contribution in [0, 0.1) is 5.92 Å². The number of nitrogens with one attached hydrogen (secondary N) is 1. The van der Waals surface area contributed by atoms with Crippen LogP contribution in [0.3, 0.4) is 0 Å². The molecule has 0 spiro atoms. The van der Waals surface area contributed by atoms with Crippen LogP contribution in [0.1, 0.15) is 36.3 Å². The lowest BCUT2D eigenvalue weighted by Gasteiger charge is -2.16. The van der Waals surface area contributed by atoms with Gasteiger partial charge in [-0.3, -0.25) is 4.79 Å². The maximum atomic E-state index is 12.8. The Morgan fingerprint density at radius 1 is 1.15 bits per heavy atom. The van der Waals surface area contributed by atoms with E-state index in [0.717, 1.165) is 31.0 Å². The molecule has 1 aliphatic carbocycles. The Balaban J connectivity index is 1.37. The largest absolute Gasteiger partial charge is 0.416 e. The van der Waals surface area contributed by atoms with Crippen molar-refractivity contribution in [2.45, 2.75) is 31.4 Å². The van der Waals surface area contributed by atoms with Crippen LogP contribution in [-0.2, 0) is 11.0 Å². The standard InChI is InChI=1S/C20H20F3N3O/c21-20(22,23)14-5-3-4-13(10-14)16-11-17(16)19(27)25-15-6-7-18(24-12-15)26-8-1-2-9-26/h3-7,10,12,16-17H,1-2,8-9,11H2,(H,25,27)/t16-,17+/m0/s1. The molecule has 1 saturated heterocycles. The summed E-state index contributed by atoms with van der Waals surface area (Å²) in [5, 5.41) is 2.82. The van der Waals surface area contributed by atoms with Gasteiger partial charge in [0, 0.05) is 19.0 Å². The van der Waals surface area contributed by atoms with Crippen molar-refractivity contribution >= 4 is 17.4 Å². The average molecular weight is 375 g/mol. The topological polar surface area (TPSA) is 45.2 Å². The van der Waals surface area contributed by atoms with Crippen LogP contribution in [-0.4, -0.2) is 24.0 Å². The van der Waals surface area contributed by atoms with Gasteiger partial charge in [-0.25, -0.2) is 4.98 Å². The molecule has 142 valence electrons. The highest BCUT2D eigenvalue weighted by atomic mass is 19.4. The van der Waals surface area contributed by atoms with Gasteiger partial charge >= 0.3 is 6.18 Å². The summed E-state index contributed by atoms with van der Waals surface area (Å²) < 4.78 is 38.5. The van der Waals surface area contributed by atoms with Gasteiger partial charge in [0.2, 0.25) is 5.91 Å². The molecule has 4 rings (SSSR count). The van der Waals surface area contributed by atoms with Gasteiger partial charge in [-0.05, 0) is 48.9 Å². The van der Waals surface area contributed by atoms with Crippen molar-refractivity contribution in [1.29, 1.82) is 0 Å². The summed E-state index contributed by atoms with van der Waals surface area (Å²) in [6, 6.07) is 8.95. The number of anilines is 2. The van der Waals surface area contributed by atoms with Crippen LogP contribution in [0.2, 0.25) is 0 Å². The number of aromatic nitrogens is 1. The molecule has 2 atom stereocenters. The van der Waals surface area contributed by atoms with Gasteiger partial charge in [0.15, 0.2) is 0 Å². The first-order chi connectivity index (χ1) is 12.9. The highest BCUT2D eigenvalue weighted by Crippen LogP contribution is 2.48. The minimum Gasteiger partial charge on any atom is -0.357 e. The SMILES string of the molecule is O=C(Nc1ccc(N2CCCC2)nc1)[C@@H]1C[C@H]1c1cccc(C(F)(F)F)c1. The normalized spacial score (nSPS) is 22.0. The monoisotopic (exact) mass is 375 g/mol. The first kappa shape index (κ1) is 17.8. The summed E-state index contributed by atoms with van der Waals surface area (Å²) in [5.74, 6) is 0.266. The number of nitrogens with zero attached hydrogens (tertiary/aromatic N) is 2. The van der Waals surface area contributed by atoms with E-state index in [1.165, 1.54) is 18.9 Å². The predicted molar refractivity (Wildman–Crippen MR) is 96.6 cm³/mol. The molecule has 2 fully saturated rings. The van der Waals surface area contributed by atoms with Crippen LogP contribution in [0.25, 0.3) is 0 Å². The number of carbonyl (C=O) groups excluding carboxylic acids is 1. The zero-order valence-electron chi connectivity index (χ0n) is 14.7. The summed E-state index contributed by atoms with van der Waals surface area (Å²) in [6.45, 7) is 2.00. The molecule has 1 N–H and O–H groups in total. The molecule has 1 aliphatic heterocycles. The summed E-state index contributed by atoms with van der Waals surface area (Å²) >= 11 is 0. The van der Waals surface area contributed by atoms with E-state index in [0.29, 0.717) is 17.7 Å². The molecule has 2 aromatic rings. The molecule has 27 heavy (non-hydrogen) atoms. The molecule has 0 unspecified atom stereocenters. The fourth-order valence-corrected chi connectivity index (χ4v) is 3.63. The van der Waals surface area contributed by atoms with E-state index in [9.17, 15) is 18.0 Å². The fraction of sp³-hybridized carbons (Fsp3) is 0.400. The number of amides is 1. The van der Waals surface area contributed by atoms with E-state index in [2.05, 4.69) is 15.2 Å². The summed E-state index contributed by atoms with van der Waals surface area (Å²) in [5.41, 5.74) is 0.498. The lowest BCUT2D eigenvalue weighted by molar-refractivity contribution is -0.137. The molecule has 1 saturated carbocycles. The molecule has 7 heteroatoms. The molecule has 1 aromatic heterocycles. The third-order valence-corrected chi connectivity index (χ3v) is 5.21. The van der Waals surface area contributed by atoms with E-state index in [4.69, 9.17) is 0 Å². The molecule has 2 heterocycles. The second-order valence-corrected chi connectivity index (χ2v) is 7.16. The second kappa shape index (κ2) is 6.87. The van der Waals surface area contributed by atoms with Crippen molar-refractivity contribution in [2.24, 2.45) is 5.92 Å². The number of rotatable bonds is 4. The number of hydrogen-bond acceptors (Lipinski definition) is 3. The average Bonchev–Trinajstić information content (AvgIpc) is 3.27. The Labute approximate surface area is 155 Å². The van der Waals surface area contributed by atoms with Gasteiger partial charge < -0.3 is 10.2 Å². The lowest BCUT2D eigenvalue weighted by Crippen LogP contribution is -2.19. The van der Waals surface area contributed by atoms with E-state index in [1.807, 2.05) is 12.1 Å². The second-order valence-electron chi connectivity index (χ2n) is 7.16. The Morgan fingerprint density at radius 3 is 2.59 bits per heavy atom. The zero-order chi connectivity index (χ0) is 19.0. The number of carbonyl (C=O) groups is 1. The molecule has 4 nitrogen and oxygen atoms in total. The highest BCUT2D eigenvalue weighted by molar-refractivity contribution is 5.95. The zero-order valence-corrected chi connectivity index (χ0v) is 14.7. The van der Waals surface area contributed by atoms with Crippen molar-refractivity contribution in [3.05, 3.63) is 53.7 Å². The summed E-state index contributed by atoms with van der Waals surface area (Å²) in [4.78, 5) is 19.0. The third-order valence-electron chi connectivity index (χ3n) is 5.21. The number of alkyl halides is 3. The minimum absolute atomic E-state index is 0.163. The number of hydrogen-bond donors (Lipinski definition) is 1. The molecule has 1 amide bonds. The Bertz CT molecular complexity index is 829. The molecule has 1 aromatic carbocycles. The van der Waals surface area contributed by atoms with Gasteiger partial charge in [-0.1, -0.05) is 18.2 Å². The summed E-state index contributed by atoms with van der Waals surface area (Å²) in [6.07, 6.45) is 0.155. The maximum absolute atomic E-state index is 12.8. The quantitative estimate of drug-likeness (QED) is 0.859. The minimum atomic E-state index is -4.37.